The fourth-order valence-electron chi connectivity index (χ4n) is 10.8. The SMILES string of the molecule is CCOC(=O)C(C(=O)OCC)C(=O)C(Cc1ccc(F)c(F)c1)c1ccccn1.CCOC(=O)c1c(O)c(Cc2ccc(F)c(F)c2)c2ccccn2c1=O.CS(=O)(=O)Nc1ccc(N)c(S(N)(=O)=O)c1.CS(=O)(=O)Nc1ccc2c(c1)S(=O)(=O)N=C(c1c(O)c(Cc3ccc(F)c(F)c3)c3ccccn3c1=O)N2. The van der Waals surface area contributed by atoms with E-state index in [0.717, 1.165) is 61.0 Å². The molecule has 9 N–H and O–H groups in total. The number of ether oxygens (including phenoxy) is 3. The Morgan fingerprint density at radius 1 is 0.587 bits per heavy atom. The number of esters is 3. The summed E-state index contributed by atoms with van der Waals surface area (Å²) < 4.78 is 199. The fraction of sp³-hybridized carbons (Fsp3) is 0.183. The molecule has 0 saturated heterocycles. The zero-order valence-electron chi connectivity index (χ0n) is 57.7. The Hall–Kier alpha value is -12.0. The average molecular weight is 1590 g/mol. The zero-order valence-corrected chi connectivity index (χ0v) is 60.9. The number of benzene rings is 5. The van der Waals surface area contributed by atoms with Crippen LogP contribution in [0.1, 0.15) is 76.1 Å². The minimum atomic E-state index is -4.45. The van der Waals surface area contributed by atoms with E-state index in [0.29, 0.717) is 16.6 Å². The molecule has 0 amide bonds. The Labute approximate surface area is 617 Å². The summed E-state index contributed by atoms with van der Waals surface area (Å²) in [6.45, 7) is 4.65. The van der Waals surface area contributed by atoms with Crippen LogP contribution in [0.25, 0.3) is 11.0 Å². The summed E-state index contributed by atoms with van der Waals surface area (Å²) in [5.74, 6) is -14.5. The summed E-state index contributed by atoms with van der Waals surface area (Å²) >= 11 is 0. The largest absolute Gasteiger partial charge is 0.507 e. The van der Waals surface area contributed by atoms with Crippen molar-refractivity contribution >= 4 is 103 Å². The van der Waals surface area contributed by atoms with Gasteiger partial charge in [-0.2, -0.15) is 8.42 Å². The van der Waals surface area contributed by atoms with Crippen LogP contribution in [-0.2, 0) is 87.9 Å². The third-order valence-corrected chi connectivity index (χ3v) is 19.0. The molecule has 38 heteroatoms. The molecular formula is C71H65F6N9O19S4. The van der Waals surface area contributed by atoms with E-state index in [1.54, 1.807) is 75.4 Å². The van der Waals surface area contributed by atoms with Gasteiger partial charge in [0.25, 0.3) is 21.1 Å². The second-order valence-electron chi connectivity index (χ2n) is 23.4. The van der Waals surface area contributed by atoms with Crippen molar-refractivity contribution in [3.05, 3.63) is 264 Å². The van der Waals surface area contributed by atoms with Crippen molar-refractivity contribution in [3.63, 3.8) is 0 Å². The third-order valence-electron chi connectivity index (χ3n) is 15.5. The highest BCUT2D eigenvalue weighted by Crippen LogP contribution is 2.36. The van der Waals surface area contributed by atoms with Gasteiger partial charge >= 0.3 is 17.9 Å². The van der Waals surface area contributed by atoms with E-state index in [1.807, 2.05) is 0 Å². The molecule has 11 rings (SSSR count). The lowest BCUT2D eigenvalue weighted by atomic mass is 9.85. The second kappa shape index (κ2) is 34.7. The first-order chi connectivity index (χ1) is 51.2. The highest BCUT2D eigenvalue weighted by Gasteiger charge is 2.42. The van der Waals surface area contributed by atoms with Crippen molar-refractivity contribution in [1.82, 2.24) is 13.8 Å². The fourth-order valence-corrected chi connectivity index (χ4v) is 13.7. The molecule has 1 unspecified atom stereocenters. The number of anilines is 4. The maximum Gasteiger partial charge on any atom is 0.347 e. The first-order valence-electron chi connectivity index (χ1n) is 31.9. The molecule has 0 aliphatic carbocycles. The number of primary sulfonamides is 1. The highest BCUT2D eigenvalue weighted by atomic mass is 32.2. The molecule has 1 atom stereocenters. The number of pyridine rings is 5. The van der Waals surface area contributed by atoms with Gasteiger partial charge in [-0.3, -0.25) is 47.2 Å². The summed E-state index contributed by atoms with van der Waals surface area (Å²) in [5, 5.41) is 29.4. The molecule has 0 fully saturated rings. The molecule has 574 valence electrons. The monoisotopic (exact) mass is 1590 g/mol. The van der Waals surface area contributed by atoms with Gasteiger partial charge in [-0.15, -0.1) is 4.40 Å². The first-order valence-corrected chi connectivity index (χ1v) is 38.6. The minimum absolute atomic E-state index is 0.00633. The van der Waals surface area contributed by atoms with E-state index in [9.17, 15) is 99.0 Å². The molecule has 5 aromatic heterocycles. The Bertz CT molecular complexity index is 5840. The van der Waals surface area contributed by atoms with Gasteiger partial charge < -0.3 is 35.5 Å². The maximum atomic E-state index is 13.8. The number of Topliss-reactive ketones (excluding diaryl/α,β-unsaturated/α-hetero) is 1. The van der Waals surface area contributed by atoms with Crippen LogP contribution in [0.4, 0.5) is 49.1 Å². The van der Waals surface area contributed by atoms with E-state index in [1.165, 1.54) is 69.9 Å². The summed E-state index contributed by atoms with van der Waals surface area (Å²) in [5.41, 5.74) is 5.21. The Morgan fingerprint density at radius 3 is 1.55 bits per heavy atom. The molecule has 0 spiro atoms. The van der Waals surface area contributed by atoms with Crippen LogP contribution < -0.4 is 36.8 Å². The van der Waals surface area contributed by atoms with Gasteiger partial charge in [0, 0.05) is 53.9 Å². The van der Waals surface area contributed by atoms with Crippen molar-refractivity contribution in [2.45, 2.75) is 55.7 Å². The number of aromatic nitrogens is 3. The molecule has 10 aromatic rings. The summed E-state index contributed by atoms with van der Waals surface area (Å²) in [7, 11) is -15.6. The number of rotatable bonds is 21. The number of aromatic hydroxyl groups is 2. The van der Waals surface area contributed by atoms with Gasteiger partial charge in [0.1, 0.15) is 26.9 Å². The van der Waals surface area contributed by atoms with Crippen molar-refractivity contribution in [2.24, 2.45) is 15.5 Å². The number of carbonyl (C=O) groups excluding carboxylic acids is 4. The summed E-state index contributed by atoms with van der Waals surface area (Å²) in [6, 6.07) is 31.5. The van der Waals surface area contributed by atoms with Gasteiger partial charge in [-0.25, -0.2) is 61.5 Å². The lowest BCUT2D eigenvalue weighted by Crippen LogP contribution is -2.38. The molecule has 109 heavy (non-hydrogen) atoms. The number of carbonyl (C=O) groups is 4. The molecule has 1 aliphatic rings. The van der Waals surface area contributed by atoms with Crippen LogP contribution in [-0.4, -0.2) is 120 Å². The number of nitrogen functional groups attached to an aromatic ring is 1. The van der Waals surface area contributed by atoms with Gasteiger partial charge in [0.05, 0.1) is 66.4 Å². The molecule has 0 saturated carbocycles. The first kappa shape index (κ1) is 82.7. The Kier molecular flexibility index (Phi) is 26.3. The van der Waals surface area contributed by atoms with Crippen LogP contribution in [0.5, 0.6) is 11.5 Å². The number of sulfonamides is 4. The van der Waals surface area contributed by atoms with Crippen LogP contribution in [0.3, 0.4) is 0 Å². The number of halogens is 6. The molecule has 0 radical (unpaired) electrons. The van der Waals surface area contributed by atoms with Crippen LogP contribution in [0.2, 0.25) is 0 Å². The van der Waals surface area contributed by atoms with Crippen LogP contribution in [0.15, 0.2) is 188 Å². The van der Waals surface area contributed by atoms with Crippen LogP contribution >= 0.6 is 0 Å². The highest BCUT2D eigenvalue weighted by molar-refractivity contribution is 7.92. The maximum absolute atomic E-state index is 13.8. The van der Waals surface area contributed by atoms with Crippen molar-refractivity contribution in [3.8, 4) is 11.5 Å². The lowest BCUT2D eigenvalue weighted by molar-refractivity contribution is -0.164. The third kappa shape index (κ3) is 20.6. The second-order valence-corrected chi connectivity index (χ2v) is 30.0. The predicted molar refractivity (Wildman–Crippen MR) is 387 cm³/mol. The molecule has 5 aromatic carbocycles. The molecule has 0 bridgehead atoms. The van der Waals surface area contributed by atoms with Gasteiger partial charge in [-0.1, -0.05) is 36.4 Å². The number of hydrogen-bond donors (Lipinski definition) is 7. The molecule has 28 nitrogen and oxygen atoms in total. The average Bonchev–Trinajstić information content (AvgIpc) is 0.742. The number of nitrogens with zero attached hydrogens (tertiary/aromatic N) is 4. The van der Waals surface area contributed by atoms with Crippen molar-refractivity contribution in [2.75, 3.05) is 52.8 Å². The van der Waals surface area contributed by atoms with Gasteiger partial charge in [-0.05, 0) is 153 Å². The Morgan fingerprint density at radius 2 is 1.06 bits per heavy atom. The summed E-state index contributed by atoms with van der Waals surface area (Å²) in [6.07, 6.45) is 5.93. The van der Waals surface area contributed by atoms with Gasteiger partial charge in [0.2, 0.25) is 36.0 Å². The zero-order chi connectivity index (χ0) is 80.2. The minimum Gasteiger partial charge on any atom is -0.507 e. The quantitative estimate of drug-likeness (QED) is 0.0117. The van der Waals surface area contributed by atoms with Crippen LogP contribution in [0, 0.1) is 40.8 Å². The van der Waals surface area contributed by atoms with E-state index < -0.39 is 150 Å². The topological polar surface area (TPSA) is 429 Å². The molecular weight excluding hydrogens is 1530 g/mol. The standard InChI is InChI=1S/C24H18F2N4O6S2.C21H21F2NO5.C19H15F2NO4.C7H11N3O4S2/c1-37(33,34)28-14-6-8-18-20(12-14)38(35,36)29-23(27-18)21-22(31)15(10-13-5-7-16(25)17(26)11-13)19-4-2-3-9-30(19)24(21)32;1-3-28-20(26)18(21(27)29-4-2)19(25)14(17-7-5-6-10-24-17)11-13-8-9-15(22)16(23)12-13;1-2-26-19(25)16-17(23)12(9-11-6-7-13(20)14(21)10-11)15-5-3-4-8-22(15)18(16)24;1-15(11,12)10-5-2-3-6(8)7(4-5)16(9,13)14/h2-9,11-12,28,31H,10H2,1H3,(H,27,29);5-10,12,14,18H,3-4,11H2,1-2H3;3-8,10,23H,2,9H2,1H3;2-4,10H,8H2,1H3,(H2,9,13,14). The van der Waals surface area contributed by atoms with E-state index in [2.05, 4.69) is 24.1 Å². The lowest BCUT2D eigenvalue weighted by Gasteiger charge is -2.21. The smallest absolute Gasteiger partial charge is 0.347 e. The molecule has 6 heterocycles. The van der Waals surface area contributed by atoms with E-state index in [4.69, 9.17) is 25.1 Å². The van der Waals surface area contributed by atoms with Crippen molar-refractivity contribution < 1.29 is 104 Å². The number of fused-ring (bicyclic) bond motifs is 3. The predicted octanol–water partition coefficient (Wildman–Crippen LogP) is 8.14. The summed E-state index contributed by atoms with van der Waals surface area (Å²) in [4.78, 5) is 79.4. The number of nitrogens with two attached hydrogens (primary N) is 2. The van der Waals surface area contributed by atoms with E-state index in [-0.39, 0.29) is 99.5 Å². The number of ketones is 1. The number of nitrogens with one attached hydrogen (secondary N) is 3. The number of hydrogen-bond acceptors (Lipinski definition) is 22. The Balaban J connectivity index is 0.000000190. The van der Waals surface area contributed by atoms with Crippen molar-refractivity contribution in [1.29, 1.82) is 0 Å². The normalized spacial score (nSPS) is 12.6. The van der Waals surface area contributed by atoms with E-state index >= 15 is 0 Å². The molecule has 1 aliphatic heterocycles. The van der Waals surface area contributed by atoms with Gasteiger partial charge in [0.15, 0.2) is 52.1 Å². The number of amidine groups is 1.